The number of rotatable bonds is 7. The molecule has 8 rings (SSSR count). The molecule has 5 saturated carbocycles. The van der Waals surface area contributed by atoms with Crippen molar-refractivity contribution in [2.45, 2.75) is 140 Å². The summed E-state index contributed by atoms with van der Waals surface area (Å²) in [5.41, 5.74) is 1.49. The van der Waals surface area contributed by atoms with E-state index in [1.807, 2.05) is 0 Å². The second-order valence-electron chi connectivity index (χ2n) is 16.0. The summed E-state index contributed by atoms with van der Waals surface area (Å²) in [5, 5.41) is 0. The van der Waals surface area contributed by atoms with Crippen molar-refractivity contribution in [2.24, 2.45) is 47.3 Å². The maximum atomic E-state index is 7.10. The molecule has 43 heavy (non-hydrogen) atoms. The predicted octanol–water partition coefficient (Wildman–Crippen LogP) is 7.79. The van der Waals surface area contributed by atoms with E-state index in [0.717, 1.165) is 75.8 Å². The van der Waals surface area contributed by atoms with Crippen LogP contribution in [-0.4, -0.2) is 57.5 Å². The molecule has 5 aliphatic carbocycles. The van der Waals surface area contributed by atoms with Gasteiger partial charge in [0.2, 0.25) is 0 Å². The van der Waals surface area contributed by atoms with E-state index in [2.05, 4.69) is 6.08 Å². The molecule has 0 amide bonds. The molecule has 0 N–H and O–H groups in total. The Morgan fingerprint density at radius 2 is 1.70 bits per heavy atom. The first-order chi connectivity index (χ1) is 21.2. The van der Waals surface area contributed by atoms with E-state index in [9.17, 15) is 0 Å². The average Bonchev–Trinajstić information content (AvgIpc) is 3.78. The summed E-state index contributed by atoms with van der Waals surface area (Å²) in [6.07, 6.45) is 25.4. The van der Waals surface area contributed by atoms with Crippen molar-refractivity contribution in [1.82, 2.24) is 0 Å². The normalized spacial score (nSPS) is 45.2. The third-order valence-electron chi connectivity index (χ3n) is 13.3. The molecule has 1 spiro atoms. The van der Waals surface area contributed by atoms with Crippen LogP contribution in [-0.2, 0) is 28.4 Å². The highest BCUT2D eigenvalue weighted by Gasteiger charge is 2.54. The molecular formula is C37H58O6. The van der Waals surface area contributed by atoms with E-state index < -0.39 is 0 Å². The summed E-state index contributed by atoms with van der Waals surface area (Å²) < 4.78 is 39.5. The van der Waals surface area contributed by atoms with Crippen LogP contribution in [0.3, 0.4) is 0 Å². The Labute approximate surface area is 260 Å². The van der Waals surface area contributed by atoms with Gasteiger partial charge in [-0.2, -0.15) is 0 Å². The second kappa shape index (κ2) is 13.3. The fraction of sp³-hybridized carbons (Fsp3) is 0.946. The van der Waals surface area contributed by atoms with Gasteiger partial charge < -0.3 is 28.4 Å². The summed E-state index contributed by atoms with van der Waals surface area (Å²) in [7, 11) is 0. The zero-order valence-electron chi connectivity index (χ0n) is 26.6. The lowest BCUT2D eigenvalue weighted by Gasteiger charge is -2.49. The predicted molar refractivity (Wildman–Crippen MR) is 164 cm³/mol. The van der Waals surface area contributed by atoms with Crippen LogP contribution in [0, 0.1) is 47.3 Å². The molecule has 0 aromatic heterocycles. The zero-order valence-corrected chi connectivity index (χ0v) is 26.6. The van der Waals surface area contributed by atoms with Crippen LogP contribution in [0.5, 0.6) is 0 Å². The molecule has 2 saturated heterocycles. The lowest BCUT2D eigenvalue weighted by molar-refractivity contribution is -0.260. The van der Waals surface area contributed by atoms with Crippen molar-refractivity contribution >= 4 is 0 Å². The fourth-order valence-electron chi connectivity index (χ4n) is 11.3. The van der Waals surface area contributed by atoms with Crippen LogP contribution < -0.4 is 0 Å². The van der Waals surface area contributed by atoms with E-state index >= 15 is 0 Å². The molecule has 0 aromatic carbocycles. The average molecular weight is 599 g/mol. The van der Waals surface area contributed by atoms with E-state index in [1.165, 1.54) is 95.5 Å². The molecule has 4 bridgehead atoms. The van der Waals surface area contributed by atoms with Gasteiger partial charge >= 0.3 is 0 Å². The number of ether oxygens (including phenoxy) is 6. The van der Waals surface area contributed by atoms with Gasteiger partial charge in [0.15, 0.2) is 18.4 Å². The minimum absolute atomic E-state index is 0.0544. The minimum Gasteiger partial charge on any atom is -0.352 e. The van der Waals surface area contributed by atoms with Crippen molar-refractivity contribution in [3.63, 3.8) is 0 Å². The van der Waals surface area contributed by atoms with Gasteiger partial charge in [-0.25, -0.2) is 0 Å². The molecule has 3 heterocycles. The molecule has 0 radical (unpaired) electrons. The number of hydrogen-bond acceptors (Lipinski definition) is 6. The first-order valence-corrected chi connectivity index (χ1v) is 18.7. The molecule has 10 unspecified atom stereocenters. The third-order valence-corrected chi connectivity index (χ3v) is 13.3. The Morgan fingerprint density at radius 1 is 0.791 bits per heavy atom. The maximum absolute atomic E-state index is 7.10. The monoisotopic (exact) mass is 598 g/mol. The van der Waals surface area contributed by atoms with Gasteiger partial charge in [0.05, 0.1) is 39.1 Å². The molecule has 242 valence electrons. The van der Waals surface area contributed by atoms with Gasteiger partial charge in [0, 0.05) is 24.2 Å². The summed E-state index contributed by atoms with van der Waals surface area (Å²) in [4.78, 5) is 0. The van der Waals surface area contributed by atoms with Gasteiger partial charge in [-0.15, -0.1) is 0 Å². The first kappa shape index (κ1) is 29.9. The van der Waals surface area contributed by atoms with Crippen LogP contribution >= 0.6 is 0 Å². The van der Waals surface area contributed by atoms with Crippen LogP contribution in [0.15, 0.2) is 11.6 Å². The van der Waals surface area contributed by atoms with Gasteiger partial charge in [-0.3, -0.25) is 0 Å². The standard InChI is InChI=1S/C37H58O6/c1-2-6-25(7-3-1)18-30(19-26-12-16-41-37(42-17-13-26)23-28-10-11-31(37)21-28)35-40-24-33(43-35)34-29-9-4-8-27(20-29)22-32(34)36-38-14-5-15-39-36/h12,25,27-36H,1-11,13-24H2. The van der Waals surface area contributed by atoms with Crippen molar-refractivity contribution in [2.75, 3.05) is 33.0 Å². The number of fused-ring (bicyclic) bond motifs is 5. The highest BCUT2D eigenvalue weighted by molar-refractivity contribution is 5.07. The topological polar surface area (TPSA) is 55.4 Å². The third kappa shape index (κ3) is 6.41. The Hall–Kier alpha value is -0.500. The maximum Gasteiger partial charge on any atom is 0.171 e. The fourth-order valence-corrected chi connectivity index (χ4v) is 11.3. The Kier molecular flexibility index (Phi) is 9.25. The largest absolute Gasteiger partial charge is 0.352 e. The molecule has 6 heteroatoms. The first-order valence-electron chi connectivity index (χ1n) is 18.7. The SMILES string of the molecule is C1=C(CC(CC2CCCCC2)C2OCC(C3C4CCCC(C4)CC3C3OCCCO3)O2)CCOC2(CC3CCC2C3)OC1. The van der Waals surface area contributed by atoms with Crippen LogP contribution in [0.25, 0.3) is 0 Å². The van der Waals surface area contributed by atoms with Crippen molar-refractivity contribution < 1.29 is 28.4 Å². The molecule has 7 fully saturated rings. The van der Waals surface area contributed by atoms with E-state index in [-0.39, 0.29) is 24.5 Å². The quantitative estimate of drug-likeness (QED) is 0.279. The van der Waals surface area contributed by atoms with Gasteiger partial charge in [-0.1, -0.05) is 63.0 Å². The highest BCUT2D eigenvalue weighted by Crippen LogP contribution is 2.54. The van der Waals surface area contributed by atoms with Crippen molar-refractivity contribution in [3.8, 4) is 0 Å². The molecular weight excluding hydrogens is 540 g/mol. The van der Waals surface area contributed by atoms with E-state index in [1.54, 1.807) is 0 Å². The Morgan fingerprint density at radius 3 is 2.53 bits per heavy atom. The number of hydrogen-bond donors (Lipinski definition) is 0. The van der Waals surface area contributed by atoms with E-state index in [0.29, 0.717) is 30.3 Å². The van der Waals surface area contributed by atoms with Crippen LogP contribution in [0.1, 0.15) is 116 Å². The molecule has 0 aromatic rings. The van der Waals surface area contributed by atoms with E-state index in [4.69, 9.17) is 28.4 Å². The van der Waals surface area contributed by atoms with Gasteiger partial charge in [0.1, 0.15) is 0 Å². The zero-order chi connectivity index (χ0) is 28.6. The lowest BCUT2D eigenvalue weighted by Crippen LogP contribution is -2.49. The second-order valence-corrected chi connectivity index (χ2v) is 16.0. The minimum atomic E-state index is -0.294. The molecule has 10 atom stereocenters. The van der Waals surface area contributed by atoms with Gasteiger partial charge in [0.25, 0.3) is 0 Å². The highest BCUT2D eigenvalue weighted by atomic mass is 16.7. The van der Waals surface area contributed by atoms with Gasteiger partial charge in [-0.05, 0) is 87.4 Å². The van der Waals surface area contributed by atoms with Crippen LogP contribution in [0.4, 0.5) is 0 Å². The summed E-state index contributed by atoms with van der Waals surface area (Å²) >= 11 is 0. The lowest BCUT2D eigenvalue weighted by atomic mass is 9.60. The Balaban J connectivity index is 0.962. The smallest absolute Gasteiger partial charge is 0.171 e. The summed E-state index contributed by atoms with van der Waals surface area (Å²) in [6, 6.07) is 0. The molecule has 8 aliphatic rings. The molecule has 6 nitrogen and oxygen atoms in total. The summed E-state index contributed by atoms with van der Waals surface area (Å²) in [5.74, 6) is 4.81. The Bertz CT molecular complexity index is 957. The van der Waals surface area contributed by atoms with Crippen molar-refractivity contribution in [3.05, 3.63) is 11.6 Å². The molecule has 3 aliphatic heterocycles. The van der Waals surface area contributed by atoms with Crippen molar-refractivity contribution in [1.29, 1.82) is 0 Å². The van der Waals surface area contributed by atoms with Crippen LogP contribution in [0.2, 0.25) is 0 Å². The summed E-state index contributed by atoms with van der Waals surface area (Å²) in [6.45, 7) is 3.88.